The Hall–Kier alpha value is -1.19. The van der Waals surface area contributed by atoms with E-state index >= 15 is 0 Å². The third-order valence-corrected chi connectivity index (χ3v) is 2.99. The zero-order chi connectivity index (χ0) is 14.3. The van der Waals surface area contributed by atoms with Crippen LogP contribution in [-0.2, 0) is 20.2 Å². The summed E-state index contributed by atoms with van der Waals surface area (Å²) < 4.78 is 0. The summed E-state index contributed by atoms with van der Waals surface area (Å²) in [6.45, 7) is 7.56. The molecule has 1 aromatic rings. The highest BCUT2D eigenvalue weighted by atomic mass is 17.2. The molecule has 1 aromatic carbocycles. The van der Waals surface area contributed by atoms with Crippen molar-refractivity contribution in [1.82, 2.24) is 0 Å². The predicted molar refractivity (Wildman–Crippen MR) is 75.6 cm³/mol. The first kappa shape index (κ1) is 15.9. The summed E-state index contributed by atoms with van der Waals surface area (Å²) in [4.78, 5) is 22.3. The van der Waals surface area contributed by atoms with Crippen molar-refractivity contribution in [2.75, 3.05) is 0 Å². The van der Waals surface area contributed by atoms with Crippen molar-refractivity contribution >= 4 is 5.78 Å². The molecule has 0 aliphatic heterocycles. The summed E-state index contributed by atoms with van der Waals surface area (Å²) in [6, 6.07) is 9.92. The number of rotatable bonds is 8. The van der Waals surface area contributed by atoms with Crippen LogP contribution in [0.2, 0.25) is 0 Å². The molecular weight excluding hydrogens is 240 g/mol. The van der Waals surface area contributed by atoms with Crippen molar-refractivity contribution in [1.29, 1.82) is 0 Å². The molecule has 0 unspecified atom stereocenters. The van der Waals surface area contributed by atoms with Gasteiger partial charge in [-0.25, -0.2) is 9.78 Å². The minimum atomic E-state index is -0.524. The molecule has 0 fully saturated rings. The number of Topliss-reactive ketones (excluding diaryl/α,β-unsaturated/α-hetero) is 1. The van der Waals surface area contributed by atoms with Gasteiger partial charge in [0.1, 0.15) is 11.4 Å². The molecule has 0 saturated carbocycles. The van der Waals surface area contributed by atoms with Crippen LogP contribution in [-0.4, -0.2) is 11.9 Å². The Morgan fingerprint density at radius 3 is 2.42 bits per heavy atom. The molecule has 0 aromatic heterocycles. The van der Waals surface area contributed by atoms with E-state index in [0.29, 0.717) is 6.42 Å². The van der Waals surface area contributed by atoms with Crippen molar-refractivity contribution in [3.63, 3.8) is 0 Å². The van der Waals surface area contributed by atoms with E-state index in [4.69, 9.17) is 9.78 Å². The van der Waals surface area contributed by atoms with Crippen molar-refractivity contribution in [3.05, 3.63) is 35.9 Å². The molecule has 0 bridgehead atoms. The van der Waals surface area contributed by atoms with Gasteiger partial charge in [-0.15, -0.1) is 0 Å². The Morgan fingerprint density at radius 1 is 1.26 bits per heavy atom. The minimum Gasteiger partial charge on any atom is -0.300 e. The molecule has 0 spiro atoms. The number of carbonyl (C=O) groups excluding carboxylic acids is 1. The van der Waals surface area contributed by atoms with E-state index in [0.717, 1.165) is 18.4 Å². The van der Waals surface area contributed by atoms with Crippen LogP contribution in [0.3, 0.4) is 0 Å². The fourth-order valence-electron chi connectivity index (χ4n) is 1.90. The average molecular weight is 264 g/mol. The van der Waals surface area contributed by atoms with E-state index in [1.54, 1.807) is 6.92 Å². The quantitative estimate of drug-likeness (QED) is 0.525. The molecule has 0 aliphatic carbocycles. The van der Waals surface area contributed by atoms with Crippen LogP contribution in [0.4, 0.5) is 0 Å². The lowest BCUT2D eigenvalue weighted by atomic mass is 9.99. The lowest BCUT2D eigenvalue weighted by molar-refractivity contribution is -0.382. The maximum absolute atomic E-state index is 11.2. The first-order valence-corrected chi connectivity index (χ1v) is 6.85. The van der Waals surface area contributed by atoms with Crippen LogP contribution in [0.25, 0.3) is 0 Å². The fraction of sp³-hybridized carbons (Fsp3) is 0.562. The van der Waals surface area contributed by atoms with Crippen LogP contribution in [0.1, 0.15) is 52.5 Å². The molecule has 0 N–H and O–H groups in total. The van der Waals surface area contributed by atoms with Crippen LogP contribution >= 0.6 is 0 Å². The van der Waals surface area contributed by atoms with Gasteiger partial charge in [-0.2, -0.15) is 0 Å². The van der Waals surface area contributed by atoms with E-state index in [1.807, 2.05) is 44.2 Å². The third kappa shape index (κ3) is 5.53. The van der Waals surface area contributed by atoms with Crippen LogP contribution < -0.4 is 0 Å². The molecule has 0 saturated heterocycles. The predicted octanol–water partition coefficient (Wildman–Crippen LogP) is 4.02. The van der Waals surface area contributed by atoms with Gasteiger partial charge in [-0.3, -0.25) is 4.79 Å². The molecule has 106 valence electrons. The van der Waals surface area contributed by atoms with E-state index in [9.17, 15) is 4.79 Å². The zero-order valence-corrected chi connectivity index (χ0v) is 12.3. The first-order valence-electron chi connectivity index (χ1n) is 6.85. The Bertz CT molecular complexity index is 384. The SMILES string of the molecule is CCC[C@H](CC(C)=O)OOC(C)(C)c1ccccc1. The Balaban J connectivity index is 2.59. The first-order chi connectivity index (χ1) is 8.95. The monoisotopic (exact) mass is 264 g/mol. The number of carbonyl (C=O) groups is 1. The van der Waals surface area contributed by atoms with E-state index < -0.39 is 5.60 Å². The summed E-state index contributed by atoms with van der Waals surface area (Å²) in [7, 11) is 0. The van der Waals surface area contributed by atoms with Gasteiger partial charge in [0.25, 0.3) is 0 Å². The van der Waals surface area contributed by atoms with Gasteiger partial charge in [0.2, 0.25) is 0 Å². The fourth-order valence-corrected chi connectivity index (χ4v) is 1.90. The van der Waals surface area contributed by atoms with Crippen molar-refractivity contribution in [3.8, 4) is 0 Å². The number of hydrogen-bond donors (Lipinski definition) is 0. The Labute approximate surface area is 115 Å². The Morgan fingerprint density at radius 2 is 1.89 bits per heavy atom. The third-order valence-electron chi connectivity index (χ3n) is 2.99. The number of benzene rings is 1. The molecule has 3 nitrogen and oxygen atoms in total. The highest BCUT2D eigenvalue weighted by Gasteiger charge is 2.24. The molecule has 0 radical (unpaired) electrons. The van der Waals surface area contributed by atoms with Gasteiger partial charge >= 0.3 is 0 Å². The molecule has 1 atom stereocenters. The van der Waals surface area contributed by atoms with Crippen LogP contribution in [0.15, 0.2) is 30.3 Å². The standard InChI is InChI=1S/C16H24O3/c1-5-9-15(12-13(2)17)18-19-16(3,4)14-10-7-6-8-11-14/h6-8,10-11,15H,5,9,12H2,1-4H3/t15-/m1/s1. The largest absolute Gasteiger partial charge is 0.300 e. The van der Waals surface area contributed by atoms with Gasteiger partial charge < -0.3 is 0 Å². The minimum absolute atomic E-state index is 0.125. The maximum Gasteiger partial charge on any atom is 0.132 e. The van der Waals surface area contributed by atoms with Gasteiger partial charge in [0.15, 0.2) is 0 Å². The lowest BCUT2D eigenvalue weighted by Crippen LogP contribution is -2.26. The summed E-state index contributed by atoms with van der Waals surface area (Å²) >= 11 is 0. The molecule has 19 heavy (non-hydrogen) atoms. The van der Waals surface area contributed by atoms with E-state index in [1.165, 1.54) is 0 Å². The normalized spacial score (nSPS) is 13.3. The Kier molecular flexibility index (Phi) is 6.19. The lowest BCUT2D eigenvalue weighted by Gasteiger charge is -2.26. The van der Waals surface area contributed by atoms with Crippen molar-refractivity contribution in [2.24, 2.45) is 0 Å². The second kappa shape index (κ2) is 7.41. The van der Waals surface area contributed by atoms with Crippen LogP contribution in [0.5, 0.6) is 0 Å². The van der Waals surface area contributed by atoms with E-state index in [-0.39, 0.29) is 11.9 Å². The van der Waals surface area contributed by atoms with Gasteiger partial charge in [0, 0.05) is 6.42 Å². The van der Waals surface area contributed by atoms with E-state index in [2.05, 4.69) is 6.92 Å². The summed E-state index contributed by atoms with van der Waals surface area (Å²) in [5.41, 5.74) is 0.525. The van der Waals surface area contributed by atoms with Gasteiger partial charge in [-0.1, -0.05) is 43.7 Å². The summed E-state index contributed by atoms with van der Waals surface area (Å²) in [6.07, 6.45) is 2.03. The average Bonchev–Trinajstić information content (AvgIpc) is 2.37. The molecule has 3 heteroatoms. The molecule has 0 heterocycles. The van der Waals surface area contributed by atoms with Gasteiger partial charge in [-0.05, 0) is 32.8 Å². The second-order valence-electron chi connectivity index (χ2n) is 5.37. The van der Waals surface area contributed by atoms with Gasteiger partial charge in [0.05, 0.1) is 6.10 Å². The molecule has 0 aliphatic rings. The summed E-state index contributed by atoms with van der Waals surface area (Å²) in [5.74, 6) is 0.125. The highest BCUT2D eigenvalue weighted by Crippen LogP contribution is 2.26. The van der Waals surface area contributed by atoms with Crippen molar-refractivity contribution in [2.45, 2.75) is 58.7 Å². The number of ketones is 1. The number of hydrogen-bond acceptors (Lipinski definition) is 3. The van der Waals surface area contributed by atoms with Crippen molar-refractivity contribution < 1.29 is 14.6 Å². The second-order valence-corrected chi connectivity index (χ2v) is 5.37. The smallest absolute Gasteiger partial charge is 0.132 e. The molecule has 0 amide bonds. The zero-order valence-electron chi connectivity index (χ0n) is 12.3. The topological polar surface area (TPSA) is 35.5 Å². The highest BCUT2D eigenvalue weighted by molar-refractivity contribution is 5.75. The summed E-state index contributed by atoms with van der Waals surface area (Å²) in [5, 5.41) is 0. The molecule has 1 rings (SSSR count). The maximum atomic E-state index is 11.2. The van der Waals surface area contributed by atoms with Crippen LogP contribution in [0, 0.1) is 0 Å². The molecular formula is C16H24O3.